The molecular formula is C24H25Cl2N3O4. The van der Waals surface area contributed by atoms with E-state index in [1.807, 2.05) is 24.3 Å². The third-order valence-corrected chi connectivity index (χ3v) is 7.00. The van der Waals surface area contributed by atoms with Crippen molar-refractivity contribution in [1.29, 1.82) is 0 Å². The number of nitrogens with one attached hydrogen (secondary N) is 3. The summed E-state index contributed by atoms with van der Waals surface area (Å²) in [6.45, 7) is 1.17. The first-order valence-corrected chi connectivity index (χ1v) is 11.7. The minimum absolute atomic E-state index is 0.117. The number of fused-ring (bicyclic) bond motifs is 2. The summed E-state index contributed by atoms with van der Waals surface area (Å²) in [6.07, 6.45) is 2.02. The molecule has 0 saturated heterocycles. The maximum Gasteiger partial charge on any atom is 0.315 e. The van der Waals surface area contributed by atoms with Crippen LogP contribution in [-0.4, -0.2) is 36.0 Å². The fourth-order valence-electron chi connectivity index (χ4n) is 4.53. The number of aliphatic carboxylic acids is 1. The predicted molar refractivity (Wildman–Crippen MR) is 126 cm³/mol. The lowest BCUT2D eigenvalue weighted by molar-refractivity contribution is -0.141. The zero-order valence-corrected chi connectivity index (χ0v) is 19.4. The molecule has 2 aromatic rings. The normalized spacial score (nSPS) is 17.6. The topological polar surface area (TPSA) is 108 Å². The molecule has 1 aliphatic carbocycles. The number of carboxylic acids is 1. The molecule has 1 aliphatic heterocycles. The highest BCUT2D eigenvalue weighted by molar-refractivity contribution is 6.40. The zero-order valence-electron chi connectivity index (χ0n) is 17.9. The summed E-state index contributed by atoms with van der Waals surface area (Å²) in [5.74, 6) is -2.74. The number of hydrogen-bond donors (Lipinski definition) is 4. The van der Waals surface area contributed by atoms with Gasteiger partial charge >= 0.3 is 12.0 Å². The van der Waals surface area contributed by atoms with Gasteiger partial charge in [-0.25, -0.2) is 4.79 Å². The van der Waals surface area contributed by atoms with Crippen molar-refractivity contribution >= 4 is 41.0 Å². The third-order valence-electron chi connectivity index (χ3n) is 6.29. The second-order valence-corrected chi connectivity index (χ2v) is 9.20. The van der Waals surface area contributed by atoms with Crippen molar-refractivity contribution in [1.82, 2.24) is 16.0 Å². The van der Waals surface area contributed by atoms with E-state index in [1.54, 1.807) is 6.07 Å². The predicted octanol–water partition coefficient (Wildman–Crippen LogP) is 3.90. The summed E-state index contributed by atoms with van der Waals surface area (Å²) in [5.41, 5.74) is 4.23. The van der Waals surface area contributed by atoms with E-state index in [4.69, 9.17) is 23.2 Å². The molecule has 2 aliphatic rings. The molecular weight excluding hydrogens is 465 g/mol. The third kappa shape index (κ3) is 5.16. The summed E-state index contributed by atoms with van der Waals surface area (Å²) in [6, 6.07) is 9.04. The molecule has 174 valence electrons. The largest absolute Gasteiger partial charge is 0.481 e. The smallest absolute Gasteiger partial charge is 0.315 e. The van der Waals surface area contributed by atoms with Crippen molar-refractivity contribution in [2.75, 3.05) is 13.1 Å². The first kappa shape index (κ1) is 23.5. The zero-order chi connectivity index (χ0) is 23.5. The Bertz CT molecular complexity index is 1110. The van der Waals surface area contributed by atoms with Crippen LogP contribution >= 0.6 is 23.2 Å². The fourth-order valence-corrected chi connectivity index (χ4v) is 5.34. The maximum atomic E-state index is 13.0. The van der Waals surface area contributed by atoms with Gasteiger partial charge in [0.1, 0.15) is 0 Å². The standard InChI is InChI=1S/C24H25Cl2N3O4/c25-18-9-14-11-27-8-7-17(14)22(26)21(18)20(30)10-15(23(31)32)12-28-24(33)29-19-6-5-13-3-1-2-4-16(13)19/h1-4,9,15,19,27H,5-8,10-12H2,(H,31,32)(H2,28,29,33)/t15-,19+/m0/s1. The summed E-state index contributed by atoms with van der Waals surface area (Å²) in [5, 5.41) is 18.8. The van der Waals surface area contributed by atoms with Crippen LogP contribution in [0.2, 0.25) is 10.0 Å². The second kappa shape index (κ2) is 10.1. The van der Waals surface area contributed by atoms with Gasteiger partial charge in [-0.1, -0.05) is 47.5 Å². The van der Waals surface area contributed by atoms with Gasteiger partial charge in [0.25, 0.3) is 0 Å². The van der Waals surface area contributed by atoms with Crippen molar-refractivity contribution in [3.63, 3.8) is 0 Å². The fraction of sp³-hybridized carbons (Fsp3) is 0.375. The minimum atomic E-state index is -1.18. The molecule has 2 amide bonds. The Morgan fingerprint density at radius 2 is 1.94 bits per heavy atom. The molecule has 4 rings (SSSR count). The average Bonchev–Trinajstić information content (AvgIpc) is 3.19. The van der Waals surface area contributed by atoms with E-state index in [0.29, 0.717) is 18.0 Å². The lowest BCUT2D eigenvalue weighted by Crippen LogP contribution is -2.41. The van der Waals surface area contributed by atoms with Crippen LogP contribution in [0.3, 0.4) is 0 Å². The molecule has 1 heterocycles. The molecule has 2 aromatic carbocycles. The van der Waals surface area contributed by atoms with Crippen LogP contribution in [0.1, 0.15) is 51.5 Å². The highest BCUT2D eigenvalue weighted by Gasteiger charge is 2.28. The molecule has 2 atom stereocenters. The summed E-state index contributed by atoms with van der Waals surface area (Å²) in [7, 11) is 0. The van der Waals surface area contributed by atoms with Gasteiger partial charge in [-0.05, 0) is 54.1 Å². The van der Waals surface area contributed by atoms with Gasteiger partial charge in [-0.15, -0.1) is 0 Å². The lowest BCUT2D eigenvalue weighted by atomic mass is 9.93. The van der Waals surface area contributed by atoms with E-state index in [-0.39, 0.29) is 29.6 Å². The Balaban J connectivity index is 1.39. The second-order valence-electron chi connectivity index (χ2n) is 8.42. The molecule has 7 nitrogen and oxygen atoms in total. The van der Waals surface area contributed by atoms with Crippen molar-refractivity contribution in [3.05, 3.63) is 68.2 Å². The molecule has 33 heavy (non-hydrogen) atoms. The van der Waals surface area contributed by atoms with Crippen LogP contribution < -0.4 is 16.0 Å². The average molecular weight is 490 g/mol. The monoisotopic (exact) mass is 489 g/mol. The number of Topliss-reactive ketones (excluding diaryl/α,β-unsaturated/α-hetero) is 1. The Labute approximate surface area is 201 Å². The number of hydrogen-bond acceptors (Lipinski definition) is 4. The summed E-state index contributed by atoms with van der Waals surface area (Å²) >= 11 is 12.8. The van der Waals surface area contributed by atoms with Crippen LogP contribution in [0.25, 0.3) is 0 Å². The van der Waals surface area contributed by atoms with Gasteiger partial charge in [-0.2, -0.15) is 0 Å². The Morgan fingerprint density at radius 3 is 2.73 bits per heavy atom. The number of ketones is 1. The number of carbonyl (C=O) groups is 3. The van der Waals surface area contributed by atoms with E-state index in [9.17, 15) is 19.5 Å². The number of amides is 2. The van der Waals surface area contributed by atoms with Crippen molar-refractivity contribution in [2.45, 2.75) is 38.3 Å². The van der Waals surface area contributed by atoms with Crippen molar-refractivity contribution in [3.8, 4) is 0 Å². The maximum absolute atomic E-state index is 13.0. The van der Waals surface area contributed by atoms with Crippen molar-refractivity contribution < 1.29 is 19.5 Å². The van der Waals surface area contributed by atoms with Gasteiger partial charge in [0.15, 0.2) is 5.78 Å². The molecule has 9 heteroatoms. The molecule has 0 radical (unpaired) electrons. The van der Waals surface area contributed by atoms with Gasteiger partial charge < -0.3 is 21.1 Å². The lowest BCUT2D eigenvalue weighted by Gasteiger charge is -2.21. The van der Waals surface area contributed by atoms with E-state index >= 15 is 0 Å². The summed E-state index contributed by atoms with van der Waals surface area (Å²) < 4.78 is 0. The molecule has 0 unspecified atom stereocenters. The number of urea groups is 1. The van der Waals surface area contributed by atoms with E-state index in [1.165, 1.54) is 5.56 Å². The molecule has 0 saturated carbocycles. The molecule has 0 aromatic heterocycles. The number of halogens is 2. The van der Waals surface area contributed by atoms with Crippen LogP contribution in [0.4, 0.5) is 4.79 Å². The Hall–Kier alpha value is -2.61. The number of carbonyl (C=O) groups excluding carboxylic acids is 2. The molecule has 4 N–H and O–H groups in total. The van der Waals surface area contributed by atoms with Gasteiger partial charge in [0, 0.05) is 19.5 Å². The first-order valence-electron chi connectivity index (χ1n) is 10.9. The first-order chi connectivity index (χ1) is 15.8. The minimum Gasteiger partial charge on any atom is -0.481 e. The van der Waals surface area contributed by atoms with Gasteiger partial charge in [0.05, 0.1) is 27.6 Å². The van der Waals surface area contributed by atoms with E-state index in [2.05, 4.69) is 16.0 Å². The van der Waals surface area contributed by atoms with Crippen LogP contribution in [-0.2, 0) is 24.2 Å². The molecule has 0 bridgehead atoms. The molecule has 0 spiro atoms. The van der Waals surface area contributed by atoms with E-state index < -0.39 is 23.7 Å². The van der Waals surface area contributed by atoms with Gasteiger partial charge in [0.2, 0.25) is 0 Å². The van der Waals surface area contributed by atoms with Crippen LogP contribution in [0.15, 0.2) is 30.3 Å². The highest BCUT2D eigenvalue weighted by atomic mass is 35.5. The number of carboxylic acid groups (broad SMARTS) is 1. The highest BCUT2D eigenvalue weighted by Crippen LogP contribution is 2.34. The quantitative estimate of drug-likeness (QED) is 0.441. The van der Waals surface area contributed by atoms with Crippen LogP contribution in [0, 0.1) is 5.92 Å². The van der Waals surface area contributed by atoms with E-state index in [0.717, 1.165) is 36.1 Å². The Kier molecular flexibility index (Phi) is 7.22. The Morgan fingerprint density at radius 1 is 1.15 bits per heavy atom. The van der Waals surface area contributed by atoms with Crippen molar-refractivity contribution in [2.24, 2.45) is 5.92 Å². The van der Waals surface area contributed by atoms with Crippen LogP contribution in [0.5, 0.6) is 0 Å². The number of benzene rings is 2. The number of rotatable bonds is 7. The summed E-state index contributed by atoms with van der Waals surface area (Å²) in [4.78, 5) is 37.2. The molecule has 0 fully saturated rings. The van der Waals surface area contributed by atoms with Gasteiger partial charge in [-0.3, -0.25) is 9.59 Å². The number of aryl methyl sites for hydroxylation is 1. The SMILES string of the molecule is O=C(NC[C@H](CC(=O)c1c(Cl)cc2c(c1Cl)CCNC2)C(=O)O)N[C@@H]1CCc2ccccc21.